The first-order valence-electron chi connectivity index (χ1n) is 48.0. The summed E-state index contributed by atoms with van der Waals surface area (Å²) in [5, 5.41) is 4.47. The molecule has 2 aliphatic rings. The molecule has 22 rings (SSSR count). The van der Waals surface area contributed by atoms with Gasteiger partial charge in [0.2, 0.25) is 0 Å². The number of rotatable bonds is 11. The zero-order chi connectivity index (χ0) is 93.0. The van der Waals surface area contributed by atoms with Crippen LogP contribution in [0.15, 0.2) is 367 Å². The lowest BCUT2D eigenvalue weighted by Gasteiger charge is -2.47. The van der Waals surface area contributed by atoms with Crippen molar-refractivity contribution in [2.45, 2.75) is 131 Å². The number of para-hydroxylation sites is 2. The van der Waals surface area contributed by atoms with E-state index < -0.39 is 17.5 Å². The lowest BCUT2D eigenvalue weighted by Crippen LogP contribution is -2.61. The summed E-state index contributed by atoms with van der Waals surface area (Å²) in [6, 6.07) is 115. The van der Waals surface area contributed by atoms with Gasteiger partial charge in [0.05, 0.1) is 30.6 Å². The van der Waals surface area contributed by atoms with Crippen LogP contribution in [-0.4, -0.2) is 11.3 Å². The minimum atomic E-state index is -0.580. The summed E-state index contributed by atoms with van der Waals surface area (Å²) in [5.41, 5.74) is 30.5. The fourth-order valence-electron chi connectivity index (χ4n) is 19.9. The van der Waals surface area contributed by atoms with Crippen LogP contribution in [-0.2, 0) is 27.1 Å². The zero-order valence-corrected chi connectivity index (χ0v) is 75.3. The highest BCUT2D eigenvalue weighted by molar-refractivity contribution is 7.00. The van der Waals surface area contributed by atoms with Crippen molar-refractivity contribution in [3.05, 3.63) is 386 Å². The van der Waals surface area contributed by atoms with Gasteiger partial charge < -0.3 is 23.2 Å². The Kier molecular flexibility index (Phi) is 17.0. The maximum absolute atomic E-state index is 10.8. The van der Waals surface area contributed by atoms with Crippen molar-refractivity contribution in [3.8, 4) is 94.7 Å². The molecule has 0 amide bonds. The Hall–Kier alpha value is -14.2. The van der Waals surface area contributed by atoms with Crippen molar-refractivity contribution >= 4 is 123 Å². The average Bonchev–Trinajstić information content (AvgIpc) is 0.963. The van der Waals surface area contributed by atoms with E-state index in [1.165, 1.54) is 11.1 Å². The van der Waals surface area contributed by atoms with Gasteiger partial charge in [0.1, 0.15) is 22.3 Å². The van der Waals surface area contributed by atoms with E-state index in [4.69, 9.17) is 8.83 Å². The molecule has 0 bridgehead atoms. The molecule has 3 aromatic heterocycles. The van der Waals surface area contributed by atoms with E-state index in [1.54, 1.807) is 0 Å². The first kappa shape index (κ1) is 73.0. The third kappa shape index (κ3) is 13.3. The minimum absolute atomic E-state index is 0.0490. The molecule has 0 radical (unpaired) electrons. The largest absolute Gasteiger partial charge is 0.456 e. The van der Waals surface area contributed by atoms with E-state index in [1.807, 2.05) is 71.3 Å². The molecule has 0 aliphatic carbocycles. The first-order valence-corrected chi connectivity index (χ1v) is 45.0. The summed E-state index contributed by atoms with van der Waals surface area (Å²) in [4.78, 5) is 5.22. The second-order valence-electron chi connectivity index (χ2n) is 40.3. The second-order valence-corrected chi connectivity index (χ2v) is 40.3. The summed E-state index contributed by atoms with van der Waals surface area (Å²) in [6.45, 7) is 34.0. The van der Waals surface area contributed by atoms with Crippen LogP contribution in [0.4, 0.5) is 34.1 Å². The molecule has 20 aromatic rings. The topological polar surface area (TPSA) is 37.7 Å². The minimum Gasteiger partial charge on any atom is -0.456 e. The van der Waals surface area contributed by atoms with Gasteiger partial charge in [0, 0.05) is 83.0 Å². The monoisotopic (exact) mass is 1660 g/mol. The molecular weight excluding hydrogens is 1550 g/mol. The molecule has 17 aromatic carbocycles. The van der Waals surface area contributed by atoms with E-state index in [2.05, 4.69) is 368 Å². The van der Waals surface area contributed by atoms with E-state index in [9.17, 15) is 8.22 Å². The number of benzene rings is 17. The Balaban J connectivity index is 0.959. The molecule has 2 aliphatic heterocycles. The molecular formula is C122H104BN3O2. The number of hydrogen-bond acceptors (Lipinski definition) is 4. The van der Waals surface area contributed by atoms with Crippen molar-refractivity contribution in [3.63, 3.8) is 0 Å². The van der Waals surface area contributed by atoms with Crippen LogP contribution >= 0.6 is 0 Å². The van der Waals surface area contributed by atoms with Crippen LogP contribution < -0.4 is 26.2 Å². The summed E-state index contributed by atoms with van der Waals surface area (Å²) >= 11 is 0. The zero-order valence-electron chi connectivity index (χ0n) is 81.3. The van der Waals surface area contributed by atoms with Crippen molar-refractivity contribution < 1.29 is 17.1 Å². The van der Waals surface area contributed by atoms with E-state index in [0.29, 0.717) is 16.8 Å². The Bertz CT molecular complexity index is 8140. The molecule has 0 unspecified atom stereocenters. The van der Waals surface area contributed by atoms with Crippen LogP contribution in [0.3, 0.4) is 0 Å². The van der Waals surface area contributed by atoms with Crippen molar-refractivity contribution in [1.82, 2.24) is 4.57 Å². The highest BCUT2D eigenvalue weighted by atomic mass is 16.3. The molecule has 6 heteroatoms. The van der Waals surface area contributed by atoms with Gasteiger partial charge in [0.25, 0.3) is 6.71 Å². The highest BCUT2D eigenvalue weighted by Gasteiger charge is 2.47. The predicted octanol–water partition coefficient (Wildman–Crippen LogP) is 32.5. The van der Waals surface area contributed by atoms with Crippen molar-refractivity contribution in [1.29, 1.82) is 0 Å². The van der Waals surface area contributed by atoms with Gasteiger partial charge in [-0.1, -0.05) is 359 Å². The summed E-state index contributed by atoms with van der Waals surface area (Å²) in [5.74, 6) is 0. The van der Waals surface area contributed by atoms with Crippen LogP contribution in [0.1, 0.15) is 140 Å². The quantitative estimate of drug-likeness (QED) is 0.121. The van der Waals surface area contributed by atoms with Gasteiger partial charge >= 0.3 is 0 Å². The standard InChI is InChI=1S/C122H104BN3O2/c1-118(2,3)83-56-49-78(50-57-83)95-68-85(120(7,8)9)70-99(91-43-31-47-111-113(91)93-41-27-29-45-109(93)127-111)116(95)125-105-64-55-82(90-40-26-25-39-89(90)77-37-23-18-24-38-77)67-102(105)123-101-61-60-88(124-103-62-53-80(75-33-19-16-20-34-75)65-97(103)98-66-81(54-63-104(98)124)76-35-21-17-22-36-76)74-106(101)126(108-73-87(122(13,14)15)72-107(125)115(108)123)117-96(79-51-58-84(59-52-79)119(4,5)6)69-86(121(10,11)12)71-100(117)92-44-32-48-112-114(92)94-42-28-30-46-110(94)128-112/h16-74H,1-15H3/i53D,54D,62D,63D,65D,66D. The van der Waals surface area contributed by atoms with Crippen LogP contribution in [0.25, 0.3) is 160 Å². The van der Waals surface area contributed by atoms with Crippen LogP contribution in [0, 0.1) is 0 Å². The molecule has 0 spiro atoms. The molecule has 0 fully saturated rings. The Morgan fingerprint density at radius 1 is 0.250 bits per heavy atom. The summed E-state index contributed by atoms with van der Waals surface area (Å²) < 4.78 is 79.5. The molecule has 0 N–H and O–H groups in total. The molecule has 5 heterocycles. The van der Waals surface area contributed by atoms with Gasteiger partial charge in [0.15, 0.2) is 0 Å². The summed E-state index contributed by atoms with van der Waals surface area (Å²) in [7, 11) is 0. The van der Waals surface area contributed by atoms with E-state index in [0.717, 1.165) is 178 Å². The van der Waals surface area contributed by atoms with Crippen LogP contribution in [0.5, 0.6) is 0 Å². The maximum Gasteiger partial charge on any atom is 0.252 e. The number of nitrogens with zero attached hydrogens (tertiary/aromatic N) is 3. The lowest BCUT2D eigenvalue weighted by molar-refractivity contribution is 0.590. The molecule has 5 nitrogen and oxygen atoms in total. The van der Waals surface area contributed by atoms with Crippen molar-refractivity contribution in [2.75, 3.05) is 9.80 Å². The second kappa shape index (κ2) is 29.7. The van der Waals surface area contributed by atoms with Gasteiger partial charge in [-0.3, -0.25) is 0 Å². The van der Waals surface area contributed by atoms with E-state index in [-0.39, 0.29) is 85.4 Å². The van der Waals surface area contributed by atoms with Crippen LogP contribution in [0.2, 0.25) is 0 Å². The fourth-order valence-corrected chi connectivity index (χ4v) is 19.9. The highest BCUT2D eigenvalue weighted by Crippen LogP contribution is 2.58. The lowest BCUT2D eigenvalue weighted by atomic mass is 9.33. The summed E-state index contributed by atoms with van der Waals surface area (Å²) in [6.07, 6.45) is 0. The smallest absolute Gasteiger partial charge is 0.252 e. The number of anilines is 6. The molecule has 0 saturated carbocycles. The van der Waals surface area contributed by atoms with Gasteiger partial charge in [-0.2, -0.15) is 0 Å². The predicted molar refractivity (Wildman–Crippen MR) is 546 cm³/mol. The Morgan fingerprint density at radius 3 is 1.09 bits per heavy atom. The number of fused-ring (bicyclic) bond motifs is 13. The Labute approximate surface area is 760 Å². The normalized spacial score (nSPS) is 13.7. The SMILES string of the molecule is [2H]c1c(-c2ccccc2)c([2H])c2c3c([2H])c(-c4ccccc4)c([2H])c([2H])c3n(-c3ccc4c(c3)N(c3c(-c5ccc(C(C)(C)C)cc5)cc(C(C)(C)C)cc3-c3cccc5oc6ccccc6c35)c3cc(C(C)(C)C)cc5c3B4c3cc(-c4ccccc4-c4ccccc4)ccc3N5c3c(-c4ccc(C(C)(C)C)cc4)cc(C(C)(C)C)cc3-c3cccc4oc5ccccc5c34)c2c1[2H]. The molecule has 128 heavy (non-hydrogen) atoms. The van der Waals surface area contributed by atoms with Gasteiger partial charge in [-0.15, -0.1) is 0 Å². The third-order valence-electron chi connectivity index (χ3n) is 26.8. The van der Waals surface area contributed by atoms with Gasteiger partial charge in [-0.05, 0) is 241 Å². The molecule has 622 valence electrons. The number of furan rings is 2. The number of hydrogen-bond donors (Lipinski definition) is 0. The van der Waals surface area contributed by atoms with Crippen molar-refractivity contribution in [2.24, 2.45) is 0 Å². The van der Waals surface area contributed by atoms with Gasteiger partial charge in [-0.25, -0.2) is 0 Å². The molecule has 0 saturated heterocycles. The number of aromatic nitrogens is 1. The fraction of sp³-hybridized carbons (Fsp3) is 0.164. The Morgan fingerprint density at radius 2 is 0.625 bits per heavy atom. The first-order chi connectivity index (χ1) is 64.2. The maximum atomic E-state index is 10.8. The molecule has 0 atom stereocenters. The third-order valence-corrected chi connectivity index (χ3v) is 26.8. The average molecular weight is 1660 g/mol. The van der Waals surface area contributed by atoms with E-state index >= 15 is 0 Å².